The van der Waals surface area contributed by atoms with Gasteiger partial charge in [-0.25, -0.2) is 18.2 Å². The number of methoxy groups -OCH3 is 1. The molecular weight excluding hydrogens is 793 g/mol. The number of allylic oxidation sites excluding steroid dienone is 1. The molecule has 1 aromatic heterocycles. The summed E-state index contributed by atoms with van der Waals surface area (Å²) < 4.78 is 51.7. The van der Waals surface area contributed by atoms with Gasteiger partial charge in [-0.1, -0.05) is 24.3 Å². The van der Waals surface area contributed by atoms with E-state index in [1.165, 1.54) is 4.90 Å². The number of carbonyl (C=O) groups is 4. The van der Waals surface area contributed by atoms with E-state index in [1.807, 2.05) is 73.6 Å². The van der Waals surface area contributed by atoms with E-state index in [2.05, 4.69) is 15.4 Å². The molecule has 7 rings (SSSR count). The monoisotopic (exact) mass is 846 g/mol. The van der Waals surface area contributed by atoms with E-state index >= 15 is 0 Å². The lowest BCUT2D eigenvalue weighted by molar-refractivity contribution is -0.142. The van der Waals surface area contributed by atoms with Crippen molar-refractivity contribution < 1.29 is 46.5 Å². The maximum absolute atomic E-state index is 14.6. The first-order valence-corrected chi connectivity index (χ1v) is 21.9. The lowest BCUT2D eigenvalue weighted by Crippen LogP contribution is -2.59. The number of aromatic nitrogens is 1. The van der Waals surface area contributed by atoms with Crippen LogP contribution in [0.4, 0.5) is 10.5 Å². The minimum absolute atomic E-state index is 0.0166. The number of fused-ring (bicyclic) bond motifs is 3. The maximum Gasteiger partial charge on any atom is 0.408 e. The van der Waals surface area contributed by atoms with Crippen LogP contribution < -0.4 is 29.7 Å². The summed E-state index contributed by atoms with van der Waals surface area (Å²) in [6, 6.07) is 12.9. The fraction of sp³-hybridized carbons (Fsp3) is 0.512. The summed E-state index contributed by atoms with van der Waals surface area (Å²) in [5, 5.41) is 6.32. The second kappa shape index (κ2) is 16.9. The Bertz CT molecular complexity index is 2270. The Hall–Kier alpha value is -5.42. The van der Waals surface area contributed by atoms with E-state index in [4.69, 9.17) is 23.9 Å². The Morgan fingerprint density at radius 1 is 1.07 bits per heavy atom. The average molecular weight is 847 g/mol. The van der Waals surface area contributed by atoms with Crippen LogP contribution in [0.3, 0.4) is 0 Å². The number of ether oxygens (including phenoxy) is 4. The standard InChI is InChI=1S/C43H54N6O10S/c1-42(2,3)59-41(53)45-35-25-57-19-9-7-8-10-28-23-43(28,40(52)47-60(54,55)32-16-17-32)46-37(50)36-22-31(24-49(36)39(35)51)58-38-33-18-15-30(56-6)20-27(33)21-34(44-38)26-11-13-29(14-12-26)48(4)5/h8,10-15,18,20-21,28,31-32,35-36H,7,9,16-17,19,22-25H2,1-6H3,(H,45,53)(H,46,50)(H,47,52)/b10-8-/t28-,31-,35+,36+,43-/m1/s1. The molecule has 3 aromatic rings. The Kier molecular flexibility index (Phi) is 12.0. The molecule has 322 valence electrons. The van der Waals surface area contributed by atoms with Crippen molar-refractivity contribution in [2.75, 3.05) is 45.9 Å². The topological polar surface area (TPSA) is 195 Å². The minimum Gasteiger partial charge on any atom is -0.497 e. The number of benzene rings is 2. The zero-order valence-corrected chi connectivity index (χ0v) is 35.7. The lowest BCUT2D eigenvalue weighted by atomic mass is 10.1. The van der Waals surface area contributed by atoms with Gasteiger partial charge >= 0.3 is 6.09 Å². The fourth-order valence-electron chi connectivity index (χ4n) is 7.59. The molecule has 2 aromatic carbocycles. The van der Waals surface area contributed by atoms with Gasteiger partial charge in [-0.05, 0) is 94.7 Å². The molecule has 1 saturated heterocycles. The predicted octanol–water partition coefficient (Wildman–Crippen LogP) is 4.07. The SMILES string of the molecule is COc1ccc2c(O[C@@H]3C[C@H]4C(=O)N[C@]5(C(=O)NS(=O)(=O)C6CC6)C[C@H]5/C=C\CCCOC[C@H](NC(=O)OC(C)(C)C)C(=O)N4C3)nc(-c3ccc(N(C)C)cc3)cc2c1. The molecule has 16 nitrogen and oxygen atoms in total. The highest BCUT2D eigenvalue weighted by Crippen LogP contribution is 2.46. The fourth-order valence-corrected chi connectivity index (χ4v) is 8.95. The normalized spacial score (nSPS) is 25.4. The minimum atomic E-state index is -3.93. The van der Waals surface area contributed by atoms with Crippen molar-refractivity contribution in [3.8, 4) is 22.9 Å². The Balaban J connectivity index is 1.23. The molecule has 17 heteroatoms. The smallest absolute Gasteiger partial charge is 0.408 e. The van der Waals surface area contributed by atoms with Crippen molar-refractivity contribution in [2.24, 2.45) is 5.92 Å². The Labute approximate surface area is 350 Å². The van der Waals surface area contributed by atoms with E-state index in [1.54, 1.807) is 33.9 Å². The highest BCUT2D eigenvalue weighted by molar-refractivity contribution is 7.91. The summed E-state index contributed by atoms with van der Waals surface area (Å²) in [5.41, 5.74) is 0.0534. The largest absolute Gasteiger partial charge is 0.497 e. The third-order valence-corrected chi connectivity index (χ3v) is 12.9. The zero-order valence-electron chi connectivity index (χ0n) is 34.9. The molecule has 4 aliphatic rings. The van der Waals surface area contributed by atoms with Crippen LogP contribution in [0.5, 0.6) is 11.6 Å². The lowest BCUT2D eigenvalue weighted by Gasteiger charge is -2.30. The highest BCUT2D eigenvalue weighted by atomic mass is 32.2. The number of hydrogen-bond donors (Lipinski definition) is 3. The van der Waals surface area contributed by atoms with Gasteiger partial charge in [-0.15, -0.1) is 0 Å². The molecular formula is C43H54N6O10S. The zero-order chi connectivity index (χ0) is 43.0. The molecule has 2 aliphatic heterocycles. The van der Waals surface area contributed by atoms with Crippen LogP contribution in [-0.2, 0) is 33.9 Å². The summed E-state index contributed by atoms with van der Waals surface area (Å²) in [6.45, 7) is 5.06. The number of hydrogen-bond acceptors (Lipinski definition) is 12. The van der Waals surface area contributed by atoms with Crippen molar-refractivity contribution in [3.63, 3.8) is 0 Å². The predicted molar refractivity (Wildman–Crippen MR) is 224 cm³/mol. The number of rotatable bonds is 9. The van der Waals surface area contributed by atoms with Crippen LogP contribution in [0.25, 0.3) is 22.0 Å². The summed E-state index contributed by atoms with van der Waals surface area (Å²) in [6.07, 6.45) is 4.24. The van der Waals surface area contributed by atoms with Crippen molar-refractivity contribution in [1.29, 1.82) is 0 Å². The van der Waals surface area contributed by atoms with Gasteiger partial charge in [0.05, 0.1) is 31.2 Å². The summed E-state index contributed by atoms with van der Waals surface area (Å²) in [4.78, 5) is 64.3. The Morgan fingerprint density at radius 3 is 2.50 bits per heavy atom. The average Bonchev–Trinajstić information content (AvgIpc) is 4.12. The molecule has 2 aliphatic carbocycles. The second-order valence-electron chi connectivity index (χ2n) is 17.1. The number of alkyl carbamates (subject to hydrolysis) is 1. The van der Waals surface area contributed by atoms with Crippen molar-refractivity contribution in [2.45, 2.75) is 93.9 Å². The summed E-state index contributed by atoms with van der Waals surface area (Å²) >= 11 is 0. The van der Waals surface area contributed by atoms with Crippen LogP contribution in [-0.4, -0.2) is 118 Å². The number of pyridine rings is 1. The third-order valence-electron chi connectivity index (χ3n) is 11.1. The van der Waals surface area contributed by atoms with Crippen LogP contribution in [0.1, 0.15) is 59.3 Å². The number of sulfonamides is 1. The molecule has 5 atom stereocenters. The van der Waals surface area contributed by atoms with Gasteiger partial charge in [0.1, 0.15) is 35.1 Å². The molecule has 2 saturated carbocycles. The van der Waals surface area contributed by atoms with Crippen LogP contribution in [0.15, 0.2) is 60.7 Å². The molecule has 3 heterocycles. The first-order valence-electron chi connectivity index (χ1n) is 20.3. The number of nitrogens with one attached hydrogen (secondary N) is 3. The van der Waals surface area contributed by atoms with Gasteiger partial charge in [0, 0.05) is 49.7 Å². The van der Waals surface area contributed by atoms with Gasteiger partial charge in [-0.2, -0.15) is 0 Å². The van der Waals surface area contributed by atoms with E-state index in [0.717, 1.165) is 16.6 Å². The molecule has 0 radical (unpaired) electrons. The molecule has 0 unspecified atom stereocenters. The Morgan fingerprint density at radius 2 is 1.82 bits per heavy atom. The van der Waals surface area contributed by atoms with Gasteiger partial charge in [0.15, 0.2) is 0 Å². The maximum atomic E-state index is 14.6. The van der Waals surface area contributed by atoms with E-state index in [-0.39, 0.29) is 38.5 Å². The van der Waals surface area contributed by atoms with E-state index < -0.39 is 74.3 Å². The summed E-state index contributed by atoms with van der Waals surface area (Å²) in [5.74, 6) is -1.71. The molecule has 0 bridgehead atoms. The van der Waals surface area contributed by atoms with Crippen molar-refractivity contribution in [1.82, 2.24) is 25.2 Å². The number of amides is 4. The molecule has 0 spiro atoms. The molecule has 3 fully saturated rings. The van der Waals surface area contributed by atoms with Crippen molar-refractivity contribution >= 4 is 50.3 Å². The number of anilines is 1. The first-order chi connectivity index (χ1) is 28.5. The number of carbonyl (C=O) groups excluding carboxylic acids is 4. The van der Waals surface area contributed by atoms with Gasteiger partial charge in [0.2, 0.25) is 27.7 Å². The van der Waals surface area contributed by atoms with Crippen LogP contribution >= 0.6 is 0 Å². The molecule has 3 N–H and O–H groups in total. The third kappa shape index (κ3) is 9.62. The highest BCUT2D eigenvalue weighted by Gasteiger charge is 2.62. The molecule has 60 heavy (non-hydrogen) atoms. The van der Waals surface area contributed by atoms with Gasteiger partial charge in [0.25, 0.3) is 5.91 Å². The molecule has 4 amide bonds. The van der Waals surface area contributed by atoms with E-state index in [9.17, 15) is 27.6 Å². The van der Waals surface area contributed by atoms with E-state index in [0.29, 0.717) is 42.5 Å². The number of nitrogens with zero attached hydrogens (tertiary/aromatic N) is 3. The first kappa shape index (κ1) is 42.7. The van der Waals surface area contributed by atoms with Crippen molar-refractivity contribution in [3.05, 3.63) is 60.7 Å². The van der Waals surface area contributed by atoms with Gasteiger partial charge in [-0.3, -0.25) is 19.1 Å². The second-order valence-corrected chi connectivity index (χ2v) is 19.1. The van der Waals surface area contributed by atoms with Crippen LogP contribution in [0.2, 0.25) is 0 Å². The van der Waals surface area contributed by atoms with Gasteiger partial charge < -0.3 is 39.4 Å². The van der Waals surface area contributed by atoms with Crippen LogP contribution in [0, 0.1) is 5.92 Å². The summed E-state index contributed by atoms with van der Waals surface area (Å²) in [7, 11) is 1.57. The quantitative estimate of drug-likeness (QED) is 0.262.